The van der Waals surface area contributed by atoms with E-state index in [0.29, 0.717) is 6.92 Å². The fourth-order valence-corrected chi connectivity index (χ4v) is 2.56. The zero-order valence-corrected chi connectivity index (χ0v) is 15.5. The Morgan fingerprint density at radius 3 is 2.53 bits per heavy atom. The number of rotatable bonds is 6. The minimum atomic E-state index is -4.77. The highest BCUT2D eigenvalue weighted by atomic mass is 19.4. The third kappa shape index (κ3) is 5.57. The van der Waals surface area contributed by atoms with Crippen molar-refractivity contribution in [3.8, 4) is 5.75 Å². The predicted octanol–water partition coefficient (Wildman–Crippen LogP) is -0.178. The van der Waals surface area contributed by atoms with Crippen LogP contribution < -0.4 is 20.7 Å². The topological polar surface area (TPSA) is 137 Å². The molecule has 1 aromatic carbocycles. The second-order valence-corrected chi connectivity index (χ2v) is 6.62. The van der Waals surface area contributed by atoms with Gasteiger partial charge in [0.05, 0.1) is 5.69 Å². The second-order valence-electron chi connectivity index (χ2n) is 6.62. The third-order valence-electron chi connectivity index (χ3n) is 4.17. The van der Waals surface area contributed by atoms with Crippen molar-refractivity contribution in [2.45, 2.75) is 37.3 Å². The number of carbonyl (C=O) groups is 3. The molecule has 0 unspecified atom stereocenters. The van der Waals surface area contributed by atoms with Crippen LogP contribution in [0.5, 0.6) is 5.75 Å². The van der Waals surface area contributed by atoms with Gasteiger partial charge in [0.1, 0.15) is 30.3 Å². The van der Waals surface area contributed by atoms with E-state index in [4.69, 9.17) is 4.74 Å². The first-order valence-electron chi connectivity index (χ1n) is 8.61. The molecular weight excluding hydrogens is 418 g/mol. The van der Waals surface area contributed by atoms with E-state index >= 15 is 0 Å². The van der Waals surface area contributed by atoms with Crippen LogP contribution in [0.15, 0.2) is 18.2 Å². The molecule has 2 rings (SSSR count). The number of amides is 3. The molecule has 0 radical (unpaired) electrons. The monoisotopic (exact) mass is 437 g/mol. The number of alkyl halides is 3. The number of halogens is 4. The molecular formula is C17H19F4N3O6. The number of fused-ring (bicyclic) bond motifs is 1. The molecule has 30 heavy (non-hydrogen) atoms. The summed E-state index contributed by atoms with van der Waals surface area (Å²) >= 11 is 0. The molecule has 0 bridgehead atoms. The zero-order valence-electron chi connectivity index (χ0n) is 15.5. The van der Waals surface area contributed by atoms with Gasteiger partial charge in [0.2, 0.25) is 5.60 Å². The van der Waals surface area contributed by atoms with E-state index in [0.717, 1.165) is 12.1 Å². The maximum atomic E-state index is 13.4. The number of hydrogen-bond acceptors (Lipinski definition) is 6. The maximum Gasteiger partial charge on any atom is 0.405 e. The fourth-order valence-electron chi connectivity index (χ4n) is 2.56. The Bertz CT molecular complexity index is 830. The molecule has 0 aromatic heterocycles. The summed E-state index contributed by atoms with van der Waals surface area (Å²) in [7, 11) is 0. The first-order chi connectivity index (χ1) is 13.8. The summed E-state index contributed by atoms with van der Waals surface area (Å²) in [5.41, 5.74) is -3.02. The molecule has 0 saturated heterocycles. The normalized spacial score (nSPS) is 20.7. The number of carbonyl (C=O) groups excluding carboxylic acids is 3. The largest absolute Gasteiger partial charge is 0.485 e. The van der Waals surface area contributed by atoms with Gasteiger partial charge in [-0.1, -0.05) is 0 Å². The van der Waals surface area contributed by atoms with Crippen LogP contribution in [0.4, 0.5) is 23.2 Å². The Morgan fingerprint density at radius 2 is 1.93 bits per heavy atom. The molecule has 1 aromatic rings. The van der Waals surface area contributed by atoms with E-state index in [1.807, 2.05) is 5.32 Å². The van der Waals surface area contributed by atoms with Crippen molar-refractivity contribution in [3.63, 3.8) is 0 Å². The van der Waals surface area contributed by atoms with E-state index in [1.165, 1.54) is 11.4 Å². The Morgan fingerprint density at radius 1 is 1.27 bits per heavy atom. The Balaban J connectivity index is 2.20. The quantitative estimate of drug-likeness (QED) is 0.309. The summed E-state index contributed by atoms with van der Waals surface area (Å²) in [5, 5.41) is 25.0. The Labute approximate surface area is 167 Å². The van der Waals surface area contributed by atoms with Crippen LogP contribution in [0, 0.1) is 5.82 Å². The van der Waals surface area contributed by atoms with Gasteiger partial charge in [0, 0.05) is 19.1 Å². The lowest BCUT2D eigenvalue weighted by Gasteiger charge is -2.28. The van der Waals surface area contributed by atoms with Gasteiger partial charge in [-0.05, 0) is 19.1 Å². The second kappa shape index (κ2) is 8.83. The van der Waals surface area contributed by atoms with E-state index in [-0.39, 0.29) is 17.9 Å². The van der Waals surface area contributed by atoms with E-state index < -0.39 is 60.6 Å². The molecule has 0 fully saturated rings. The molecule has 0 saturated carbocycles. The molecule has 1 heterocycles. The molecule has 1 aliphatic rings. The van der Waals surface area contributed by atoms with E-state index in [1.54, 1.807) is 0 Å². The van der Waals surface area contributed by atoms with Crippen molar-refractivity contribution in [3.05, 3.63) is 24.0 Å². The highest BCUT2D eigenvalue weighted by Gasteiger charge is 2.44. The van der Waals surface area contributed by atoms with Gasteiger partial charge in [-0.15, -0.1) is 0 Å². The van der Waals surface area contributed by atoms with Gasteiger partial charge >= 0.3 is 6.18 Å². The number of nitrogens with one attached hydrogen (secondary N) is 3. The van der Waals surface area contributed by atoms with Crippen molar-refractivity contribution in [1.29, 1.82) is 0 Å². The van der Waals surface area contributed by atoms with Crippen LogP contribution in [0.1, 0.15) is 13.3 Å². The van der Waals surface area contributed by atoms with Crippen LogP contribution >= 0.6 is 0 Å². The first kappa shape index (κ1) is 23.3. The Hall–Kier alpha value is -2.93. The Kier molecular flexibility index (Phi) is 6.87. The molecule has 0 spiro atoms. The van der Waals surface area contributed by atoms with E-state index in [2.05, 4.69) is 5.32 Å². The fraction of sp³-hybridized carbons (Fsp3) is 0.471. The smallest absolute Gasteiger partial charge is 0.405 e. The maximum absolute atomic E-state index is 13.4. The van der Waals surface area contributed by atoms with Crippen molar-refractivity contribution in [2.75, 3.05) is 18.5 Å². The molecule has 13 heteroatoms. The van der Waals surface area contributed by atoms with E-state index in [9.17, 15) is 42.2 Å². The molecule has 3 atom stereocenters. The van der Waals surface area contributed by atoms with Gasteiger partial charge < -0.3 is 30.9 Å². The minimum Gasteiger partial charge on any atom is -0.485 e. The third-order valence-corrected chi connectivity index (χ3v) is 4.17. The van der Waals surface area contributed by atoms with Crippen molar-refractivity contribution in [1.82, 2.24) is 10.6 Å². The number of aliphatic hydroxyl groups is 2. The molecule has 9 nitrogen and oxygen atoms in total. The van der Waals surface area contributed by atoms with Gasteiger partial charge in [0.15, 0.2) is 0 Å². The lowest BCUT2D eigenvalue weighted by molar-refractivity contribution is -0.158. The summed E-state index contributed by atoms with van der Waals surface area (Å²) in [5.74, 6) is -4.70. The summed E-state index contributed by atoms with van der Waals surface area (Å²) in [6.45, 7) is -1.62. The standard InChI is InChI=1S/C17H19F4N3O6/c1-16(29,14(27)22-7-17(19,20)21)15(28)24-12-11(4-5-25)30-10-3-2-8(18)6-9(10)23-13(12)26/h2-3,6,11-12,25,29H,4-5,7H2,1H3,(H,22,27)(H,23,26)(H,24,28)/t11-,12+,16+/m0/s1. The van der Waals surface area contributed by atoms with Gasteiger partial charge in [0.25, 0.3) is 17.7 Å². The van der Waals surface area contributed by atoms with Crippen molar-refractivity contribution >= 4 is 23.4 Å². The van der Waals surface area contributed by atoms with Crippen LogP contribution in [-0.4, -0.2) is 65.0 Å². The van der Waals surface area contributed by atoms with Crippen LogP contribution in [-0.2, 0) is 14.4 Å². The number of hydrogen-bond donors (Lipinski definition) is 5. The number of aliphatic hydroxyl groups excluding tert-OH is 1. The van der Waals surface area contributed by atoms with Crippen LogP contribution in [0.25, 0.3) is 0 Å². The number of ether oxygens (including phenoxy) is 1. The number of benzene rings is 1. The molecule has 5 N–H and O–H groups in total. The first-order valence-corrected chi connectivity index (χ1v) is 8.61. The molecule has 1 aliphatic heterocycles. The predicted molar refractivity (Wildman–Crippen MR) is 92.8 cm³/mol. The lowest BCUT2D eigenvalue weighted by Crippen LogP contribution is -2.61. The van der Waals surface area contributed by atoms with Gasteiger partial charge in [-0.3, -0.25) is 14.4 Å². The van der Waals surface area contributed by atoms with Crippen LogP contribution in [0.3, 0.4) is 0 Å². The zero-order chi connectivity index (χ0) is 22.7. The van der Waals surface area contributed by atoms with Crippen molar-refractivity contribution in [2.24, 2.45) is 0 Å². The average Bonchev–Trinajstić information content (AvgIpc) is 2.76. The molecule has 166 valence electrons. The average molecular weight is 437 g/mol. The van der Waals surface area contributed by atoms with Crippen LogP contribution in [0.2, 0.25) is 0 Å². The minimum absolute atomic E-state index is 0.0367. The molecule has 0 aliphatic carbocycles. The molecule has 3 amide bonds. The SMILES string of the molecule is C[C@@](O)(C(=O)NCC(F)(F)F)C(=O)N[C@H]1C(=O)Nc2cc(F)ccc2O[C@H]1CCO. The van der Waals surface area contributed by atoms with Gasteiger partial charge in [-0.25, -0.2) is 4.39 Å². The lowest BCUT2D eigenvalue weighted by atomic mass is 10.0. The summed E-state index contributed by atoms with van der Waals surface area (Å²) in [6, 6.07) is 1.64. The van der Waals surface area contributed by atoms with Crippen molar-refractivity contribution < 1.29 is 46.9 Å². The highest BCUT2D eigenvalue weighted by molar-refractivity contribution is 6.09. The van der Waals surface area contributed by atoms with Gasteiger partial charge in [-0.2, -0.15) is 13.2 Å². The summed E-state index contributed by atoms with van der Waals surface area (Å²) < 4.78 is 55.7. The summed E-state index contributed by atoms with van der Waals surface area (Å²) in [6.07, 6.45) is -6.15. The number of anilines is 1. The summed E-state index contributed by atoms with van der Waals surface area (Å²) in [4.78, 5) is 36.7. The highest BCUT2D eigenvalue weighted by Crippen LogP contribution is 2.30.